The summed E-state index contributed by atoms with van der Waals surface area (Å²) in [5.41, 5.74) is 39.9. The summed E-state index contributed by atoms with van der Waals surface area (Å²) in [5, 5.41) is 6.02. The largest absolute Gasteiger partial charge is 0.245 e. The average molecular weight is 1900 g/mol. The number of hydrogen-bond acceptors (Lipinski definition) is 15. The van der Waals surface area contributed by atoms with Gasteiger partial charge in [0.15, 0.2) is 34.9 Å². The molecule has 0 spiro atoms. The lowest BCUT2D eigenvalue weighted by Crippen LogP contribution is -2.18. The Morgan fingerprint density at radius 3 is 0.667 bits per heavy atom. The van der Waals surface area contributed by atoms with E-state index in [-0.39, 0.29) is 32.5 Å². The van der Waals surface area contributed by atoms with Crippen LogP contribution in [-0.2, 0) is 32.5 Å². The molecule has 0 radical (unpaired) electrons. The third-order valence-electron chi connectivity index (χ3n) is 32.3. The van der Waals surface area contributed by atoms with Crippen molar-refractivity contribution in [3.8, 4) is 153 Å². The third kappa shape index (κ3) is 12.8. The van der Waals surface area contributed by atoms with Crippen LogP contribution in [0.4, 0.5) is 0 Å². The predicted octanol–water partition coefficient (Wildman–Crippen LogP) is 29.1. The number of aromatic nitrogens is 18. The fourth-order valence-corrected chi connectivity index (χ4v) is 25.2. The van der Waals surface area contributed by atoms with Crippen LogP contribution in [0.25, 0.3) is 219 Å². The molecule has 0 fully saturated rings. The minimum Gasteiger partial charge on any atom is -0.245 e. The molecule has 0 atom stereocenters. The van der Waals surface area contributed by atoms with E-state index < -0.39 is 0 Å². The van der Waals surface area contributed by atoms with Gasteiger partial charge < -0.3 is 0 Å². The van der Waals surface area contributed by atoms with Gasteiger partial charge in [0.25, 0.3) is 0 Å². The molecule has 0 unspecified atom stereocenters. The van der Waals surface area contributed by atoms with Crippen LogP contribution in [0.3, 0.4) is 0 Å². The van der Waals surface area contributed by atoms with Gasteiger partial charge in [-0.3, -0.25) is 0 Å². The van der Waals surface area contributed by atoms with Crippen molar-refractivity contribution in [2.24, 2.45) is 0 Å². The van der Waals surface area contributed by atoms with Crippen LogP contribution in [0.1, 0.15) is 150 Å². The summed E-state index contributed by atoms with van der Waals surface area (Å²) in [4.78, 5) is 76.0. The van der Waals surface area contributed by atoms with Gasteiger partial charge in [0.05, 0.1) is 0 Å². The highest BCUT2D eigenvalue weighted by molar-refractivity contribution is 6.09. The highest BCUT2D eigenvalue weighted by Gasteiger charge is 2.45. The van der Waals surface area contributed by atoms with Crippen molar-refractivity contribution in [3.05, 3.63) is 432 Å². The average Bonchev–Trinajstić information content (AvgIpc) is 1.55. The minimum absolute atomic E-state index is 0.0886. The first-order valence-electron chi connectivity index (χ1n) is 50.3. The molecule has 0 saturated carbocycles. The van der Waals surface area contributed by atoms with Gasteiger partial charge in [-0.25, -0.2) is 58.6 Å². The first-order chi connectivity index (χ1) is 71.4. The molecule has 0 amide bonds. The van der Waals surface area contributed by atoms with Gasteiger partial charge in [-0.2, -0.15) is 29.9 Å². The smallest absolute Gasteiger partial charge is 0.241 e. The van der Waals surface area contributed by atoms with E-state index in [0.29, 0.717) is 52.8 Å². The summed E-state index contributed by atoms with van der Waals surface area (Å²) in [6.45, 7) is 27.6. The summed E-state index contributed by atoms with van der Waals surface area (Å²) < 4.78 is 5.93. The van der Waals surface area contributed by atoms with Gasteiger partial charge in [-0.15, -0.1) is 0 Å². The molecule has 6 aliphatic rings. The zero-order valence-corrected chi connectivity index (χ0v) is 83.2. The molecule has 0 aliphatic heterocycles. The molecule has 30 rings (SSSR count). The van der Waals surface area contributed by atoms with E-state index in [1.54, 1.807) is 24.8 Å². The lowest BCUT2D eigenvalue weighted by molar-refractivity contribution is 0.660. The Balaban J connectivity index is 0.000000107. The van der Waals surface area contributed by atoms with Crippen LogP contribution in [0.15, 0.2) is 365 Å². The van der Waals surface area contributed by atoms with Gasteiger partial charge in [0.2, 0.25) is 17.8 Å². The van der Waals surface area contributed by atoms with Crippen molar-refractivity contribution in [1.29, 1.82) is 0 Å². The first kappa shape index (κ1) is 86.8. The van der Waals surface area contributed by atoms with Gasteiger partial charge in [-0.1, -0.05) is 314 Å². The van der Waals surface area contributed by atoms with E-state index in [2.05, 4.69) is 374 Å². The van der Waals surface area contributed by atoms with Crippen LogP contribution in [-0.4, -0.2) is 88.5 Å². The van der Waals surface area contributed by atoms with E-state index in [9.17, 15) is 0 Å². The summed E-state index contributed by atoms with van der Waals surface area (Å²) in [6, 6.07) is 116. The number of benzene rings is 12. The Hall–Kier alpha value is -18.0. The summed E-state index contributed by atoms with van der Waals surface area (Å²) in [7, 11) is 0. The molecule has 702 valence electrons. The lowest BCUT2D eigenvalue weighted by Gasteiger charge is -2.25. The van der Waals surface area contributed by atoms with Crippen molar-refractivity contribution < 1.29 is 0 Å². The van der Waals surface area contributed by atoms with Crippen molar-refractivity contribution >= 4 is 66.2 Å². The van der Waals surface area contributed by atoms with E-state index in [1.165, 1.54) is 134 Å². The zero-order valence-electron chi connectivity index (χ0n) is 83.2. The molecule has 147 heavy (non-hydrogen) atoms. The highest BCUT2D eigenvalue weighted by Crippen LogP contribution is 2.58. The summed E-state index contributed by atoms with van der Waals surface area (Å²) >= 11 is 0. The number of hydrogen-bond donors (Lipinski definition) is 0. The second kappa shape index (κ2) is 31.7. The Bertz CT molecular complexity index is 9270. The molecular formula is C129H96N18. The van der Waals surface area contributed by atoms with E-state index in [4.69, 9.17) is 74.8 Å². The van der Waals surface area contributed by atoms with Crippen LogP contribution in [0.2, 0.25) is 0 Å². The van der Waals surface area contributed by atoms with Crippen molar-refractivity contribution in [2.45, 2.75) is 116 Å². The fourth-order valence-electron chi connectivity index (χ4n) is 25.2. The van der Waals surface area contributed by atoms with Crippen LogP contribution in [0.5, 0.6) is 0 Å². The SMILES string of the molecule is CC1(C)c2ccccc2-c2cc(-c3nc(-c4ccc5c(c4)-c4ccccc4C5(C)C)nc(-n4c5ncccc5c5cccnc54)n3)ccc21.CC1(C)c2ccccc2-c2ccc(-c3nc(-c4ccc5c(c4)C(C)(C)c4ccccc4-5)nc(-n4c5ncccc5c5cccnc54)n3)cc21.CC1(C)c2ccccc2-c2cccc(-c3nc(-c4cccc5c4C(C)(C)c4ccccc4-5)nc(-n4c5ncccc5c5cccnc54)n3)c21. The van der Waals surface area contributed by atoms with Crippen molar-refractivity contribution in [2.75, 3.05) is 0 Å². The molecule has 18 nitrogen and oxygen atoms in total. The third-order valence-corrected chi connectivity index (χ3v) is 32.3. The topological polar surface area (TPSA) is 208 Å². The predicted molar refractivity (Wildman–Crippen MR) is 587 cm³/mol. The molecule has 24 aromatic rings. The Kier molecular flexibility index (Phi) is 18.7. The van der Waals surface area contributed by atoms with Crippen LogP contribution >= 0.6 is 0 Å². The number of fused-ring (bicyclic) bond motifs is 27. The van der Waals surface area contributed by atoms with Crippen molar-refractivity contribution in [1.82, 2.24) is 88.5 Å². The molecule has 0 N–H and O–H groups in total. The molecule has 12 aromatic heterocycles. The van der Waals surface area contributed by atoms with Crippen molar-refractivity contribution in [3.63, 3.8) is 0 Å². The zero-order chi connectivity index (χ0) is 99.2. The van der Waals surface area contributed by atoms with E-state index in [1.807, 2.05) is 62.5 Å². The highest BCUT2D eigenvalue weighted by atomic mass is 15.3. The maximum Gasteiger partial charge on any atom is 0.241 e. The van der Waals surface area contributed by atoms with Gasteiger partial charge in [0, 0.05) is 135 Å². The molecule has 6 aliphatic carbocycles. The fraction of sp³-hybridized carbons (Fsp3) is 0.140. The lowest BCUT2D eigenvalue weighted by atomic mass is 9.79. The molecule has 0 saturated heterocycles. The molecule has 0 bridgehead atoms. The van der Waals surface area contributed by atoms with Crippen LogP contribution < -0.4 is 0 Å². The normalized spacial score (nSPS) is 14.9. The second-order valence-electron chi connectivity index (χ2n) is 42.6. The first-order valence-corrected chi connectivity index (χ1v) is 50.3. The quantitative estimate of drug-likeness (QED) is 0.132. The number of rotatable bonds is 9. The van der Waals surface area contributed by atoms with Gasteiger partial charge >= 0.3 is 0 Å². The van der Waals surface area contributed by atoms with Gasteiger partial charge in [0.1, 0.15) is 33.9 Å². The van der Waals surface area contributed by atoms with Gasteiger partial charge in [-0.05, 0) is 231 Å². The minimum atomic E-state index is -0.247. The maximum absolute atomic E-state index is 5.38. The Morgan fingerprint density at radius 1 is 0.156 bits per heavy atom. The molecule has 12 heterocycles. The standard InChI is InChI=1S/3C43H32N6/c1-42(2)33-21-7-5-13-25(33)27-15-9-17-31(35(27)42)37-46-38(32-18-10-16-28-26-14-6-8-22-34(26)43(3,4)36(28)32)48-41(47-37)49-39-29(19-11-23-44-39)30-20-12-24-45-40(30)49;1-42(2)33-15-7-5-11-27(33)29-19-17-25(23-35(29)42)37-46-38(26-18-20-30-28-12-6-8-16-34(28)43(3,4)36(30)24-26)48-41(47-37)49-39-31(13-9-21-44-39)32-14-10-22-45-40(32)49;1-42(2)33-15-7-5-11-27(33)31-23-25(17-19-35(31)42)37-46-38(26-18-20-36-32(24-26)28-12-6-8-16-34(28)43(36,3)4)48-41(47-37)49-39-29(13-9-21-44-39)30-14-10-22-45-40(30)49/h3*5-24H,1-4H3. The van der Waals surface area contributed by atoms with Crippen LogP contribution in [0, 0.1) is 0 Å². The molecule has 18 heteroatoms. The Morgan fingerprint density at radius 2 is 0.367 bits per heavy atom. The summed E-state index contributed by atoms with van der Waals surface area (Å²) in [5.74, 6) is 5.16. The Labute approximate surface area is 849 Å². The second-order valence-corrected chi connectivity index (χ2v) is 42.6. The number of nitrogens with zero attached hydrogens (tertiary/aromatic N) is 18. The van der Waals surface area contributed by atoms with E-state index >= 15 is 0 Å². The molecular weight excluding hydrogens is 1800 g/mol. The molecule has 12 aromatic carbocycles. The van der Waals surface area contributed by atoms with E-state index in [0.717, 1.165) is 99.6 Å². The summed E-state index contributed by atoms with van der Waals surface area (Å²) in [6.07, 6.45) is 10.9. The maximum atomic E-state index is 5.38. The number of pyridine rings is 6. The monoisotopic (exact) mass is 1900 g/mol.